The summed E-state index contributed by atoms with van der Waals surface area (Å²) in [7, 11) is 0. The summed E-state index contributed by atoms with van der Waals surface area (Å²) in [4.78, 5) is 11.2. The van der Waals surface area contributed by atoms with E-state index in [1.807, 2.05) is 0 Å². The number of thiazole rings is 1. The predicted molar refractivity (Wildman–Crippen MR) is 65.0 cm³/mol. The van der Waals surface area contributed by atoms with Crippen LogP contribution in [0.25, 0.3) is 22.6 Å². The molecule has 3 N–H and O–H groups in total. The van der Waals surface area contributed by atoms with Crippen molar-refractivity contribution in [2.24, 2.45) is 5.73 Å². The van der Waals surface area contributed by atoms with Gasteiger partial charge in [-0.3, -0.25) is 0 Å². The molecule has 7 heteroatoms. The van der Waals surface area contributed by atoms with Crippen LogP contribution in [-0.2, 0) is 6.54 Å². The van der Waals surface area contributed by atoms with E-state index in [2.05, 4.69) is 15.0 Å². The molecule has 0 spiro atoms. The van der Waals surface area contributed by atoms with Crippen LogP contribution >= 0.6 is 11.3 Å². The molecule has 1 aromatic carbocycles. The van der Waals surface area contributed by atoms with E-state index in [9.17, 15) is 8.78 Å². The lowest BCUT2D eigenvalue weighted by molar-refractivity contribution is 0.515. The number of hydrogen-bond donors (Lipinski definition) is 2. The first-order valence-electron chi connectivity index (χ1n) is 5.17. The minimum Gasteiger partial charge on any atom is -0.337 e. The number of benzene rings is 1. The molecule has 3 rings (SSSR count). The zero-order chi connectivity index (χ0) is 12.7. The highest BCUT2D eigenvalue weighted by atomic mass is 32.1. The molecule has 0 amide bonds. The highest BCUT2D eigenvalue weighted by molar-refractivity contribution is 7.09. The van der Waals surface area contributed by atoms with E-state index in [1.54, 1.807) is 5.38 Å². The fourth-order valence-electron chi connectivity index (χ4n) is 1.65. The fourth-order valence-corrected chi connectivity index (χ4v) is 2.31. The molecule has 0 atom stereocenters. The average molecular weight is 266 g/mol. The van der Waals surface area contributed by atoms with E-state index in [4.69, 9.17) is 5.73 Å². The summed E-state index contributed by atoms with van der Waals surface area (Å²) in [6, 6.07) is 2.51. The second-order valence-corrected chi connectivity index (χ2v) is 4.62. The van der Waals surface area contributed by atoms with E-state index in [0.29, 0.717) is 23.6 Å². The highest BCUT2D eigenvalue weighted by Gasteiger charge is 2.14. The number of nitrogens with one attached hydrogen (secondary N) is 1. The Bertz CT molecular complexity index is 719. The number of rotatable bonds is 2. The van der Waals surface area contributed by atoms with Crippen molar-refractivity contribution in [3.8, 4) is 11.5 Å². The van der Waals surface area contributed by atoms with Crippen molar-refractivity contribution >= 4 is 22.4 Å². The van der Waals surface area contributed by atoms with Crippen molar-refractivity contribution in [2.45, 2.75) is 6.54 Å². The second kappa shape index (κ2) is 4.11. The van der Waals surface area contributed by atoms with Crippen LogP contribution in [-0.4, -0.2) is 15.0 Å². The monoisotopic (exact) mass is 266 g/mol. The Morgan fingerprint density at radius 3 is 2.83 bits per heavy atom. The Kier molecular flexibility index (Phi) is 2.57. The molecule has 0 unspecified atom stereocenters. The van der Waals surface area contributed by atoms with Crippen LogP contribution in [0.1, 0.15) is 5.01 Å². The lowest BCUT2D eigenvalue weighted by Crippen LogP contribution is -1.94. The van der Waals surface area contributed by atoms with Crippen molar-refractivity contribution < 1.29 is 8.78 Å². The molecule has 18 heavy (non-hydrogen) atoms. The van der Waals surface area contributed by atoms with Gasteiger partial charge in [-0.1, -0.05) is 0 Å². The molecule has 3 aromatic rings. The quantitative estimate of drug-likeness (QED) is 0.748. The van der Waals surface area contributed by atoms with Crippen molar-refractivity contribution in [3.63, 3.8) is 0 Å². The van der Waals surface area contributed by atoms with Gasteiger partial charge in [-0.05, 0) is 12.1 Å². The molecule has 0 aliphatic carbocycles. The molecule has 0 aliphatic heterocycles. The number of aromatic nitrogens is 3. The minimum absolute atomic E-state index is 0.0210. The van der Waals surface area contributed by atoms with Gasteiger partial charge >= 0.3 is 0 Å². The van der Waals surface area contributed by atoms with Gasteiger partial charge in [-0.2, -0.15) is 0 Å². The molecule has 0 bridgehead atoms. The van der Waals surface area contributed by atoms with Crippen molar-refractivity contribution in [1.82, 2.24) is 15.0 Å². The fraction of sp³-hybridized carbons (Fsp3) is 0.0909. The van der Waals surface area contributed by atoms with Crippen molar-refractivity contribution in [2.75, 3.05) is 0 Å². The van der Waals surface area contributed by atoms with Gasteiger partial charge < -0.3 is 10.7 Å². The number of imidazole rings is 1. The normalized spacial score (nSPS) is 11.3. The molecule has 0 fully saturated rings. The Balaban J connectivity index is 2.16. The molecule has 2 aromatic heterocycles. The van der Waals surface area contributed by atoms with Crippen LogP contribution in [0.5, 0.6) is 0 Å². The molecule has 0 radical (unpaired) electrons. The van der Waals surface area contributed by atoms with Crippen LogP contribution in [0.3, 0.4) is 0 Å². The Labute approximate surface area is 104 Å². The first-order chi connectivity index (χ1) is 8.69. The van der Waals surface area contributed by atoms with Crippen molar-refractivity contribution in [1.29, 1.82) is 0 Å². The Hall–Kier alpha value is -1.86. The third kappa shape index (κ3) is 1.68. The number of halogens is 2. The molecule has 92 valence electrons. The molecule has 0 saturated carbocycles. The number of hydrogen-bond acceptors (Lipinski definition) is 4. The zero-order valence-electron chi connectivity index (χ0n) is 9.08. The maximum atomic E-state index is 13.5. The summed E-state index contributed by atoms with van der Waals surface area (Å²) >= 11 is 1.40. The van der Waals surface area contributed by atoms with Crippen LogP contribution in [0, 0.1) is 11.6 Å². The number of H-pyrrole nitrogens is 1. The number of nitrogens with zero attached hydrogens (tertiary/aromatic N) is 2. The summed E-state index contributed by atoms with van der Waals surface area (Å²) < 4.78 is 26.6. The first kappa shape index (κ1) is 11.2. The van der Waals surface area contributed by atoms with E-state index in [-0.39, 0.29) is 5.52 Å². The van der Waals surface area contributed by atoms with Crippen LogP contribution in [0.4, 0.5) is 8.78 Å². The molecule has 0 aliphatic rings. The lowest BCUT2D eigenvalue weighted by atomic mass is 10.3. The molecule has 4 nitrogen and oxygen atoms in total. The zero-order valence-corrected chi connectivity index (χ0v) is 9.89. The topological polar surface area (TPSA) is 67.6 Å². The van der Waals surface area contributed by atoms with Gasteiger partial charge in [0, 0.05) is 11.9 Å². The van der Waals surface area contributed by atoms with Gasteiger partial charge in [-0.15, -0.1) is 11.3 Å². The smallest absolute Gasteiger partial charge is 0.186 e. The van der Waals surface area contributed by atoms with Gasteiger partial charge in [0.25, 0.3) is 0 Å². The number of nitrogens with two attached hydrogens (primary N) is 1. The maximum Gasteiger partial charge on any atom is 0.186 e. The average Bonchev–Trinajstić information content (AvgIpc) is 2.99. The third-order valence-electron chi connectivity index (χ3n) is 2.51. The highest BCUT2D eigenvalue weighted by Crippen LogP contribution is 2.24. The predicted octanol–water partition coefficient (Wildman–Crippen LogP) is 2.42. The lowest BCUT2D eigenvalue weighted by Gasteiger charge is -1.91. The Morgan fingerprint density at radius 2 is 2.11 bits per heavy atom. The van der Waals surface area contributed by atoms with E-state index < -0.39 is 11.6 Å². The second-order valence-electron chi connectivity index (χ2n) is 3.67. The van der Waals surface area contributed by atoms with Gasteiger partial charge in [0.15, 0.2) is 17.5 Å². The maximum absolute atomic E-state index is 13.5. The summed E-state index contributed by atoms with van der Waals surface area (Å²) in [6.45, 7) is 0.341. The van der Waals surface area contributed by atoms with Crippen LogP contribution in [0.15, 0.2) is 17.5 Å². The molecular formula is C11H8F2N4S. The molecular weight excluding hydrogens is 258 g/mol. The van der Waals surface area contributed by atoms with Crippen LogP contribution in [0.2, 0.25) is 0 Å². The van der Waals surface area contributed by atoms with E-state index >= 15 is 0 Å². The van der Waals surface area contributed by atoms with E-state index in [1.165, 1.54) is 17.4 Å². The van der Waals surface area contributed by atoms with Crippen LogP contribution < -0.4 is 5.73 Å². The summed E-state index contributed by atoms with van der Waals surface area (Å²) in [5.41, 5.74) is 6.46. The first-order valence-corrected chi connectivity index (χ1v) is 6.05. The van der Waals surface area contributed by atoms with Gasteiger partial charge in [0.05, 0.1) is 5.52 Å². The minimum atomic E-state index is -0.954. The number of fused-ring (bicyclic) bond motifs is 1. The third-order valence-corrected chi connectivity index (χ3v) is 3.39. The summed E-state index contributed by atoms with van der Waals surface area (Å²) in [5.74, 6) is -1.46. The molecule has 2 heterocycles. The van der Waals surface area contributed by atoms with Gasteiger partial charge in [0.2, 0.25) is 0 Å². The SMILES string of the molecule is NCc1nc(-c2nc3c(F)c(F)ccc3[nH]2)cs1. The summed E-state index contributed by atoms with van der Waals surface area (Å²) in [5, 5.41) is 2.53. The summed E-state index contributed by atoms with van der Waals surface area (Å²) in [6.07, 6.45) is 0. The van der Waals surface area contributed by atoms with Crippen molar-refractivity contribution in [3.05, 3.63) is 34.2 Å². The largest absolute Gasteiger partial charge is 0.337 e. The standard InChI is InChI=1S/C11H8F2N4S/c12-5-1-2-6-10(9(5)13)17-11(16-6)7-4-18-8(3-14)15-7/h1-2,4H,3,14H2,(H,16,17). The Morgan fingerprint density at radius 1 is 1.28 bits per heavy atom. The molecule has 0 saturated heterocycles. The van der Waals surface area contributed by atoms with Gasteiger partial charge in [0.1, 0.15) is 16.2 Å². The number of aromatic amines is 1. The van der Waals surface area contributed by atoms with Gasteiger partial charge in [-0.25, -0.2) is 18.7 Å². The van der Waals surface area contributed by atoms with E-state index in [0.717, 1.165) is 11.1 Å².